The second-order valence-corrected chi connectivity index (χ2v) is 4.48. The molecule has 0 bridgehead atoms. The zero-order valence-electron chi connectivity index (χ0n) is 7.39. The molecule has 0 aromatic carbocycles. The number of halogens is 4. The summed E-state index contributed by atoms with van der Waals surface area (Å²) < 4.78 is 41.7. The number of fused-ring (bicyclic) bond motifs is 1. The number of aryl methyl sites for hydroxylation is 1. The van der Waals surface area contributed by atoms with E-state index in [4.69, 9.17) is 0 Å². The first-order valence-corrected chi connectivity index (χ1v) is 5.46. The summed E-state index contributed by atoms with van der Waals surface area (Å²) in [5.41, 5.74) is -0.350. The molecular formula is C8H4BrF3N2S. The lowest BCUT2D eigenvalue weighted by Gasteiger charge is -2.06. The van der Waals surface area contributed by atoms with Crippen LogP contribution in [0, 0.1) is 6.92 Å². The van der Waals surface area contributed by atoms with Crippen molar-refractivity contribution >= 4 is 37.7 Å². The quantitative estimate of drug-likeness (QED) is 0.739. The van der Waals surface area contributed by atoms with Crippen molar-refractivity contribution in [1.29, 1.82) is 0 Å². The van der Waals surface area contributed by atoms with Gasteiger partial charge in [0.15, 0.2) is 0 Å². The van der Waals surface area contributed by atoms with E-state index in [-0.39, 0.29) is 0 Å². The minimum absolute atomic E-state index is 0.300. The van der Waals surface area contributed by atoms with E-state index in [1.54, 1.807) is 6.92 Å². The normalized spacial score (nSPS) is 12.3. The van der Waals surface area contributed by atoms with Crippen molar-refractivity contribution in [3.63, 3.8) is 0 Å². The Morgan fingerprint density at radius 3 is 2.67 bits per heavy atom. The van der Waals surface area contributed by atoms with Gasteiger partial charge in [0, 0.05) is 5.39 Å². The maximum Gasteiger partial charge on any atom is 0.433 e. The minimum atomic E-state index is -4.41. The molecule has 2 aromatic heterocycles. The average Bonchev–Trinajstić information content (AvgIpc) is 2.46. The Hall–Kier alpha value is -0.690. The molecule has 7 heteroatoms. The van der Waals surface area contributed by atoms with Crippen LogP contribution < -0.4 is 0 Å². The summed E-state index contributed by atoms with van der Waals surface area (Å²) in [5.74, 6) is 0. The van der Waals surface area contributed by atoms with Crippen LogP contribution in [0.2, 0.25) is 0 Å². The lowest BCUT2D eigenvalue weighted by atomic mass is 10.2. The molecule has 0 amide bonds. The molecule has 80 valence electrons. The Morgan fingerprint density at radius 2 is 2.07 bits per heavy atom. The third kappa shape index (κ3) is 1.85. The number of nitrogens with zero attached hydrogens (tertiary/aromatic N) is 2. The predicted molar refractivity (Wildman–Crippen MR) is 54.9 cm³/mol. The highest BCUT2D eigenvalue weighted by Crippen LogP contribution is 2.34. The third-order valence-electron chi connectivity index (χ3n) is 1.89. The highest BCUT2D eigenvalue weighted by atomic mass is 79.9. The summed E-state index contributed by atoms with van der Waals surface area (Å²) in [4.78, 5) is 3.83. The van der Waals surface area contributed by atoms with E-state index >= 15 is 0 Å². The van der Waals surface area contributed by atoms with E-state index in [9.17, 15) is 13.2 Å². The van der Waals surface area contributed by atoms with Gasteiger partial charge in [0.2, 0.25) is 0 Å². The fourth-order valence-electron chi connectivity index (χ4n) is 1.23. The van der Waals surface area contributed by atoms with Crippen LogP contribution in [0.15, 0.2) is 10.7 Å². The van der Waals surface area contributed by atoms with Gasteiger partial charge in [-0.1, -0.05) is 0 Å². The largest absolute Gasteiger partial charge is 0.433 e. The van der Waals surface area contributed by atoms with Crippen molar-refractivity contribution < 1.29 is 13.2 Å². The Bertz CT molecular complexity index is 520. The first-order chi connectivity index (χ1) is 6.89. The number of rotatable bonds is 0. The number of hydrogen-bond donors (Lipinski definition) is 0. The summed E-state index contributed by atoms with van der Waals surface area (Å²) in [7, 11) is 0. The Morgan fingerprint density at radius 1 is 1.40 bits per heavy atom. The fraction of sp³-hybridized carbons (Fsp3) is 0.250. The van der Waals surface area contributed by atoms with Gasteiger partial charge in [0.25, 0.3) is 0 Å². The molecule has 0 N–H and O–H groups in total. The minimum Gasteiger partial charge on any atom is -0.231 e. The summed E-state index contributed by atoms with van der Waals surface area (Å²) in [5, 5.41) is 0.646. The standard InChI is InChI=1S/C8H4BrF3N2S/c1-3-2-4(8(10,11)12)13-7-5(3)6(9)14-15-7/h2H,1H3. The van der Waals surface area contributed by atoms with Crippen molar-refractivity contribution in [3.05, 3.63) is 21.9 Å². The van der Waals surface area contributed by atoms with Crippen LogP contribution in [0.5, 0.6) is 0 Å². The van der Waals surface area contributed by atoms with Crippen molar-refractivity contribution in [2.45, 2.75) is 13.1 Å². The molecular weight excluding hydrogens is 293 g/mol. The zero-order chi connectivity index (χ0) is 11.2. The molecule has 0 aliphatic heterocycles. The topological polar surface area (TPSA) is 25.8 Å². The second kappa shape index (κ2) is 3.41. The molecule has 2 aromatic rings. The van der Waals surface area contributed by atoms with Gasteiger partial charge in [-0.3, -0.25) is 0 Å². The molecule has 0 spiro atoms. The van der Waals surface area contributed by atoms with Crippen molar-refractivity contribution in [3.8, 4) is 0 Å². The number of hydrogen-bond acceptors (Lipinski definition) is 3. The molecule has 15 heavy (non-hydrogen) atoms. The molecule has 0 unspecified atom stereocenters. The summed E-state index contributed by atoms with van der Waals surface area (Å²) in [6.45, 7) is 1.61. The van der Waals surface area contributed by atoms with Gasteiger partial charge in [-0.15, -0.1) is 0 Å². The van der Waals surface area contributed by atoms with Gasteiger partial charge in [0.1, 0.15) is 15.1 Å². The maximum atomic E-state index is 12.4. The van der Waals surface area contributed by atoms with Gasteiger partial charge in [-0.25, -0.2) is 4.98 Å². The fourth-order valence-corrected chi connectivity index (χ4v) is 2.83. The monoisotopic (exact) mass is 296 g/mol. The van der Waals surface area contributed by atoms with Crippen LogP contribution in [0.4, 0.5) is 13.2 Å². The summed E-state index contributed by atoms with van der Waals surface area (Å²) >= 11 is 4.12. The molecule has 2 nitrogen and oxygen atoms in total. The van der Waals surface area contributed by atoms with E-state index in [2.05, 4.69) is 25.3 Å². The van der Waals surface area contributed by atoms with E-state index in [1.807, 2.05) is 0 Å². The lowest BCUT2D eigenvalue weighted by molar-refractivity contribution is -0.140. The number of alkyl halides is 3. The smallest absolute Gasteiger partial charge is 0.231 e. The van der Waals surface area contributed by atoms with Crippen LogP contribution in [0.1, 0.15) is 11.3 Å². The van der Waals surface area contributed by atoms with Gasteiger partial charge in [-0.2, -0.15) is 17.5 Å². The van der Waals surface area contributed by atoms with Crippen molar-refractivity contribution in [2.75, 3.05) is 0 Å². The van der Waals surface area contributed by atoms with Gasteiger partial charge >= 0.3 is 6.18 Å². The molecule has 0 aliphatic rings. The Labute approximate surface area is 95.4 Å². The molecule has 0 fully saturated rings. The van der Waals surface area contributed by atoms with Gasteiger partial charge in [-0.05, 0) is 46.0 Å². The SMILES string of the molecule is Cc1cc(C(F)(F)F)nc2snc(Br)c12. The van der Waals surface area contributed by atoms with Gasteiger partial charge < -0.3 is 0 Å². The number of aromatic nitrogens is 2. The first-order valence-electron chi connectivity index (χ1n) is 3.89. The zero-order valence-corrected chi connectivity index (χ0v) is 9.79. The van der Waals surface area contributed by atoms with Crippen molar-refractivity contribution in [2.24, 2.45) is 0 Å². The molecule has 0 radical (unpaired) electrons. The number of pyridine rings is 1. The molecule has 0 aliphatic carbocycles. The van der Waals surface area contributed by atoms with Crippen LogP contribution in [0.25, 0.3) is 10.2 Å². The molecule has 0 atom stereocenters. The third-order valence-corrected chi connectivity index (χ3v) is 3.44. The van der Waals surface area contributed by atoms with E-state index in [0.29, 0.717) is 20.4 Å². The molecule has 0 saturated carbocycles. The summed E-state index contributed by atoms with van der Waals surface area (Å²) in [6.07, 6.45) is -4.41. The Balaban J connectivity index is 2.74. The van der Waals surface area contributed by atoms with E-state index < -0.39 is 11.9 Å². The molecule has 2 heterocycles. The predicted octanol–water partition coefficient (Wildman–Crippen LogP) is 3.78. The van der Waals surface area contributed by atoms with Crippen LogP contribution in [-0.4, -0.2) is 9.36 Å². The maximum absolute atomic E-state index is 12.4. The van der Waals surface area contributed by atoms with Crippen LogP contribution in [0.3, 0.4) is 0 Å². The Kier molecular flexibility index (Phi) is 2.46. The highest BCUT2D eigenvalue weighted by Gasteiger charge is 2.33. The highest BCUT2D eigenvalue weighted by molar-refractivity contribution is 9.10. The van der Waals surface area contributed by atoms with Crippen LogP contribution >= 0.6 is 27.5 Å². The van der Waals surface area contributed by atoms with Crippen molar-refractivity contribution in [1.82, 2.24) is 9.36 Å². The average molecular weight is 297 g/mol. The first kappa shape index (κ1) is 10.8. The van der Waals surface area contributed by atoms with E-state index in [1.165, 1.54) is 0 Å². The summed E-state index contributed by atoms with van der Waals surface area (Å²) in [6, 6.07) is 1.03. The lowest BCUT2D eigenvalue weighted by Crippen LogP contribution is -2.07. The van der Waals surface area contributed by atoms with Crippen LogP contribution in [-0.2, 0) is 6.18 Å². The van der Waals surface area contributed by atoms with Gasteiger partial charge in [0.05, 0.1) is 0 Å². The second-order valence-electron chi connectivity index (χ2n) is 2.98. The molecule has 0 saturated heterocycles. The van der Waals surface area contributed by atoms with E-state index in [0.717, 1.165) is 17.6 Å². The molecule has 2 rings (SSSR count).